The molecule has 2 amide bonds. The number of benzene rings is 2. The zero-order chi connectivity index (χ0) is 31.8. The summed E-state index contributed by atoms with van der Waals surface area (Å²) in [6.07, 6.45) is -3.32. The maximum absolute atomic E-state index is 13.3. The molecular weight excluding hydrogens is 587 g/mol. The quantitative estimate of drug-likeness (QED) is 0.165. The second-order valence-electron chi connectivity index (χ2n) is 10.7. The number of carbonyl (C=O) groups excluding carboxylic acids is 2. The number of quaternary nitrogens is 1. The molecule has 3 aromatic rings. The number of fused-ring (bicyclic) bond motifs is 1. The van der Waals surface area contributed by atoms with E-state index >= 15 is 0 Å². The molecule has 0 saturated heterocycles. The Kier molecular flexibility index (Phi) is 11.2. The van der Waals surface area contributed by atoms with Crippen LogP contribution in [0.25, 0.3) is 10.9 Å². The molecule has 2 atom stereocenters. The van der Waals surface area contributed by atoms with Gasteiger partial charge in [-0.15, -0.1) is 0 Å². The highest BCUT2D eigenvalue weighted by atomic mass is 32.2. The second-order valence-corrected chi connectivity index (χ2v) is 12.7. The summed E-state index contributed by atoms with van der Waals surface area (Å²) in [4.78, 5) is 30.7. The molecule has 15 heteroatoms. The van der Waals surface area contributed by atoms with Crippen molar-refractivity contribution in [1.29, 1.82) is 0 Å². The Morgan fingerprint density at radius 1 is 1.00 bits per heavy atom. The number of para-hydroxylation sites is 1. The maximum Gasteiger partial charge on any atom is 0.416 e. The maximum atomic E-state index is 13.3. The van der Waals surface area contributed by atoms with Crippen LogP contribution in [0.4, 0.5) is 18.9 Å². The van der Waals surface area contributed by atoms with Crippen LogP contribution >= 0.6 is 0 Å². The first-order valence-corrected chi connectivity index (χ1v) is 15.3. The van der Waals surface area contributed by atoms with E-state index in [1.807, 2.05) is 6.07 Å². The summed E-state index contributed by atoms with van der Waals surface area (Å²) in [7, 11) is -2.18. The Morgan fingerprint density at radius 3 is 2.23 bits per heavy atom. The van der Waals surface area contributed by atoms with E-state index in [1.54, 1.807) is 31.3 Å². The predicted octanol–water partition coefficient (Wildman–Crippen LogP) is 0.983. The number of amides is 2. The molecule has 0 radical (unpaired) electrons. The largest absolute Gasteiger partial charge is 0.416 e. The van der Waals surface area contributed by atoms with Gasteiger partial charge in [0.2, 0.25) is 21.7 Å². The molecule has 3 rings (SSSR count). The SMILES string of the molecule is C[N+](CCN)(CCN)CS(=O)(=O)CC(N)C(=O)NC(Cc1ccc(C(F)(F)F)cc1)C(=O)Nc1cnc2ccccc2c1. The van der Waals surface area contributed by atoms with E-state index in [1.165, 1.54) is 18.3 Å². The van der Waals surface area contributed by atoms with Crippen molar-refractivity contribution in [3.05, 3.63) is 71.9 Å². The third kappa shape index (κ3) is 9.96. The first-order chi connectivity index (χ1) is 20.1. The molecule has 0 spiro atoms. The zero-order valence-corrected chi connectivity index (χ0v) is 24.5. The minimum absolute atomic E-state index is 0.0441. The standard InChI is InChI=1S/C28H36F3N7O4S/c1-38(12-10-32,13-11-33)18-43(41,42)17-23(34)26(39)37-25(14-19-6-8-21(9-7-19)28(29,30)31)27(40)36-22-15-20-4-2-3-5-24(20)35-16-22/h2-9,15-16,23,25H,10-14,17-18,32-34H2,1H3,(H-,36,37,39,40)/p+1. The van der Waals surface area contributed by atoms with Gasteiger partial charge in [-0.1, -0.05) is 30.3 Å². The van der Waals surface area contributed by atoms with Gasteiger partial charge in [-0.05, 0) is 29.8 Å². The highest BCUT2D eigenvalue weighted by Crippen LogP contribution is 2.29. The van der Waals surface area contributed by atoms with Crippen LogP contribution in [-0.2, 0) is 32.0 Å². The lowest BCUT2D eigenvalue weighted by molar-refractivity contribution is -0.895. The summed E-state index contributed by atoms with van der Waals surface area (Å²) in [6.45, 7) is 1.14. The van der Waals surface area contributed by atoms with Crippen LogP contribution in [0.15, 0.2) is 60.8 Å². The van der Waals surface area contributed by atoms with Crippen molar-refractivity contribution in [3.63, 3.8) is 0 Å². The average Bonchev–Trinajstić information content (AvgIpc) is 2.91. The number of nitrogens with zero attached hydrogens (tertiary/aromatic N) is 2. The first kappa shape index (κ1) is 33.9. The number of alkyl halides is 3. The van der Waals surface area contributed by atoms with Crippen molar-refractivity contribution in [2.45, 2.75) is 24.7 Å². The van der Waals surface area contributed by atoms with Gasteiger partial charge < -0.3 is 32.3 Å². The minimum Gasteiger partial charge on any atom is -0.343 e. The van der Waals surface area contributed by atoms with E-state index in [-0.39, 0.29) is 29.9 Å². The number of nitrogens with one attached hydrogen (secondary N) is 2. The van der Waals surface area contributed by atoms with E-state index in [0.717, 1.165) is 17.5 Å². The Hall–Kier alpha value is -3.63. The molecule has 8 N–H and O–H groups in total. The van der Waals surface area contributed by atoms with Gasteiger partial charge in [0.05, 0.1) is 54.9 Å². The van der Waals surface area contributed by atoms with Crippen LogP contribution in [0.2, 0.25) is 0 Å². The number of hydrogen-bond acceptors (Lipinski definition) is 8. The fourth-order valence-electron chi connectivity index (χ4n) is 4.66. The number of halogens is 3. The molecule has 0 aliphatic heterocycles. The number of rotatable bonds is 14. The third-order valence-corrected chi connectivity index (χ3v) is 8.71. The topological polar surface area (TPSA) is 183 Å². The van der Waals surface area contributed by atoms with Crippen LogP contribution in [0.1, 0.15) is 11.1 Å². The summed E-state index contributed by atoms with van der Waals surface area (Å²) in [5.74, 6) is -2.66. The molecular formula is C28H37F3N7O4S+. The number of carbonyl (C=O) groups is 2. The number of pyridine rings is 1. The van der Waals surface area contributed by atoms with E-state index in [0.29, 0.717) is 29.9 Å². The Morgan fingerprint density at radius 2 is 1.63 bits per heavy atom. The lowest BCUT2D eigenvalue weighted by atomic mass is 10.0. The number of aromatic nitrogens is 1. The van der Waals surface area contributed by atoms with Crippen molar-refractivity contribution in [2.75, 3.05) is 50.2 Å². The van der Waals surface area contributed by atoms with Crippen molar-refractivity contribution in [2.24, 2.45) is 17.2 Å². The summed E-state index contributed by atoms with van der Waals surface area (Å²) >= 11 is 0. The minimum atomic E-state index is -4.55. The Balaban J connectivity index is 1.79. The van der Waals surface area contributed by atoms with E-state index < -0.39 is 51.2 Å². The van der Waals surface area contributed by atoms with Gasteiger partial charge in [0.1, 0.15) is 6.04 Å². The van der Waals surface area contributed by atoms with E-state index in [9.17, 15) is 31.2 Å². The summed E-state index contributed by atoms with van der Waals surface area (Å²) in [6, 6.07) is 10.2. The molecule has 0 saturated carbocycles. The molecule has 0 aliphatic carbocycles. The van der Waals surface area contributed by atoms with Gasteiger partial charge >= 0.3 is 6.18 Å². The van der Waals surface area contributed by atoms with Gasteiger partial charge in [-0.3, -0.25) is 14.6 Å². The lowest BCUT2D eigenvalue weighted by Gasteiger charge is -2.33. The molecule has 0 fully saturated rings. The fraction of sp³-hybridized carbons (Fsp3) is 0.393. The normalized spacial score (nSPS) is 13.8. The van der Waals surface area contributed by atoms with Crippen LogP contribution in [0.5, 0.6) is 0 Å². The highest BCUT2D eigenvalue weighted by Gasteiger charge is 2.33. The summed E-state index contributed by atoms with van der Waals surface area (Å²) < 4.78 is 65.1. The Bertz CT molecular complexity index is 1510. The van der Waals surface area contributed by atoms with Crippen molar-refractivity contribution in [3.8, 4) is 0 Å². The van der Waals surface area contributed by atoms with Gasteiger partial charge in [0.25, 0.3) is 0 Å². The molecule has 1 aromatic heterocycles. The van der Waals surface area contributed by atoms with Crippen LogP contribution in [-0.4, -0.2) is 86.6 Å². The van der Waals surface area contributed by atoms with E-state index in [4.69, 9.17) is 17.2 Å². The van der Waals surface area contributed by atoms with Crippen LogP contribution in [0, 0.1) is 0 Å². The fourth-order valence-corrected chi connectivity index (χ4v) is 6.68. The molecule has 0 bridgehead atoms. The van der Waals surface area contributed by atoms with Crippen molar-refractivity contribution < 1.29 is 35.7 Å². The first-order valence-electron chi connectivity index (χ1n) is 13.5. The number of sulfone groups is 1. The number of likely N-dealkylation sites (N-methyl/N-ethyl adjacent to an activating group) is 1. The average molecular weight is 625 g/mol. The number of nitrogens with two attached hydrogens (primary N) is 3. The number of hydrogen-bond donors (Lipinski definition) is 5. The van der Waals surface area contributed by atoms with Gasteiger partial charge in [-0.2, -0.15) is 13.2 Å². The third-order valence-electron chi connectivity index (χ3n) is 6.83. The van der Waals surface area contributed by atoms with E-state index in [2.05, 4.69) is 15.6 Å². The summed E-state index contributed by atoms with van der Waals surface area (Å²) in [5.41, 5.74) is 17.7. The van der Waals surface area contributed by atoms with Crippen molar-refractivity contribution in [1.82, 2.24) is 10.3 Å². The molecule has 1 heterocycles. The zero-order valence-electron chi connectivity index (χ0n) is 23.7. The molecule has 0 aliphatic rings. The van der Waals surface area contributed by atoms with Gasteiger partial charge in [0, 0.05) is 24.9 Å². The smallest absolute Gasteiger partial charge is 0.343 e. The van der Waals surface area contributed by atoms with Gasteiger partial charge in [0.15, 0.2) is 5.88 Å². The molecule has 234 valence electrons. The van der Waals surface area contributed by atoms with Crippen LogP contribution in [0.3, 0.4) is 0 Å². The second kappa shape index (κ2) is 14.2. The molecule has 2 aromatic carbocycles. The highest BCUT2D eigenvalue weighted by molar-refractivity contribution is 7.91. The van der Waals surface area contributed by atoms with Crippen LogP contribution < -0.4 is 27.8 Å². The summed E-state index contributed by atoms with van der Waals surface area (Å²) in [5, 5.41) is 5.88. The van der Waals surface area contributed by atoms with Gasteiger partial charge in [-0.25, -0.2) is 8.42 Å². The van der Waals surface area contributed by atoms with Crippen molar-refractivity contribution >= 4 is 38.2 Å². The monoisotopic (exact) mass is 624 g/mol. The Labute approximate surface area is 248 Å². The molecule has 43 heavy (non-hydrogen) atoms. The molecule has 2 unspecified atom stereocenters. The lowest BCUT2D eigenvalue weighted by Crippen LogP contribution is -2.56. The molecule has 11 nitrogen and oxygen atoms in total. The predicted molar refractivity (Wildman–Crippen MR) is 158 cm³/mol. The number of anilines is 1.